The van der Waals surface area contributed by atoms with Gasteiger partial charge in [0.2, 0.25) is 5.91 Å². The Balaban J connectivity index is 0.00000243. The molecule has 2 amide bonds. The van der Waals surface area contributed by atoms with Crippen molar-refractivity contribution in [2.75, 3.05) is 25.5 Å². The lowest BCUT2D eigenvalue weighted by Gasteiger charge is -2.32. The van der Waals surface area contributed by atoms with Crippen LogP contribution < -0.4 is 10.6 Å². The molecule has 0 bridgehead atoms. The van der Waals surface area contributed by atoms with E-state index < -0.39 is 0 Å². The molecular weight excluding hydrogens is 350 g/mol. The summed E-state index contributed by atoms with van der Waals surface area (Å²) in [5, 5.41) is 6.29. The third-order valence-electron chi connectivity index (χ3n) is 5.54. The van der Waals surface area contributed by atoms with Crippen LogP contribution in [0.25, 0.3) is 0 Å². The molecule has 0 atom stereocenters. The average Bonchev–Trinajstić information content (AvgIpc) is 2.68. The van der Waals surface area contributed by atoms with E-state index in [1.807, 2.05) is 36.2 Å². The second-order valence-corrected chi connectivity index (χ2v) is 7.26. The van der Waals surface area contributed by atoms with Gasteiger partial charge in [0.15, 0.2) is 0 Å². The van der Waals surface area contributed by atoms with Gasteiger partial charge in [-0.25, -0.2) is 0 Å². The molecule has 26 heavy (non-hydrogen) atoms. The second-order valence-electron chi connectivity index (χ2n) is 7.26. The average molecular weight is 380 g/mol. The topological polar surface area (TPSA) is 61.4 Å². The van der Waals surface area contributed by atoms with Crippen LogP contribution in [0.15, 0.2) is 24.3 Å². The molecule has 0 radical (unpaired) electrons. The molecule has 1 aromatic carbocycles. The van der Waals surface area contributed by atoms with E-state index in [9.17, 15) is 9.59 Å². The van der Waals surface area contributed by atoms with Crippen LogP contribution in [0.5, 0.6) is 0 Å². The molecule has 1 aliphatic heterocycles. The number of benzene rings is 1. The van der Waals surface area contributed by atoms with Gasteiger partial charge in [-0.05, 0) is 50.9 Å². The van der Waals surface area contributed by atoms with Crippen molar-refractivity contribution in [3.05, 3.63) is 29.8 Å². The van der Waals surface area contributed by atoms with Gasteiger partial charge < -0.3 is 15.5 Å². The molecular formula is C20H30ClN3O2. The highest BCUT2D eigenvalue weighted by Gasteiger charge is 2.24. The van der Waals surface area contributed by atoms with Crippen molar-refractivity contribution < 1.29 is 9.59 Å². The fourth-order valence-electron chi connectivity index (χ4n) is 3.89. The van der Waals surface area contributed by atoms with E-state index in [0.717, 1.165) is 57.3 Å². The summed E-state index contributed by atoms with van der Waals surface area (Å²) in [6.07, 6.45) is 7.44. The molecule has 1 saturated carbocycles. The Labute approximate surface area is 162 Å². The minimum atomic E-state index is 0. The molecule has 1 aliphatic carbocycles. The number of rotatable bonds is 4. The van der Waals surface area contributed by atoms with Gasteiger partial charge in [0, 0.05) is 36.3 Å². The highest BCUT2D eigenvalue weighted by atomic mass is 35.5. The molecule has 5 nitrogen and oxygen atoms in total. The molecule has 3 rings (SSSR count). The van der Waals surface area contributed by atoms with Crippen LogP contribution >= 0.6 is 12.4 Å². The summed E-state index contributed by atoms with van der Waals surface area (Å²) < 4.78 is 0. The zero-order valence-electron chi connectivity index (χ0n) is 15.5. The smallest absolute Gasteiger partial charge is 0.253 e. The molecule has 2 fully saturated rings. The Morgan fingerprint density at radius 2 is 1.73 bits per heavy atom. The van der Waals surface area contributed by atoms with Crippen LogP contribution in [0.4, 0.5) is 5.69 Å². The predicted octanol–water partition coefficient (Wildman–Crippen LogP) is 3.45. The molecule has 1 heterocycles. The molecule has 2 aliphatic rings. The normalized spacial score (nSPS) is 18.9. The lowest BCUT2D eigenvalue weighted by atomic mass is 9.88. The molecule has 0 spiro atoms. The molecule has 0 unspecified atom stereocenters. The fraction of sp³-hybridized carbons (Fsp3) is 0.600. The molecule has 6 heteroatoms. The molecule has 144 valence electrons. The van der Waals surface area contributed by atoms with Crippen LogP contribution in [-0.2, 0) is 4.79 Å². The Bertz CT molecular complexity index is 609. The number of carbonyl (C=O) groups is 2. The van der Waals surface area contributed by atoms with Gasteiger partial charge in [-0.15, -0.1) is 12.4 Å². The molecule has 0 aromatic heterocycles. The zero-order valence-corrected chi connectivity index (χ0v) is 16.3. The van der Waals surface area contributed by atoms with Gasteiger partial charge in [-0.1, -0.05) is 25.3 Å². The maximum Gasteiger partial charge on any atom is 0.253 e. The first-order valence-corrected chi connectivity index (χ1v) is 9.55. The van der Waals surface area contributed by atoms with Crippen molar-refractivity contribution in [2.24, 2.45) is 5.92 Å². The number of hydrogen-bond acceptors (Lipinski definition) is 3. The van der Waals surface area contributed by atoms with Crippen LogP contribution in [0.1, 0.15) is 55.3 Å². The number of halogens is 1. The number of amides is 2. The number of anilines is 1. The third kappa shape index (κ3) is 5.21. The summed E-state index contributed by atoms with van der Waals surface area (Å²) in [4.78, 5) is 27.0. The second kappa shape index (κ2) is 9.93. The van der Waals surface area contributed by atoms with Gasteiger partial charge in [0.25, 0.3) is 5.91 Å². The van der Waals surface area contributed by atoms with Crippen molar-refractivity contribution >= 4 is 29.9 Å². The molecule has 1 saturated heterocycles. The monoisotopic (exact) mass is 379 g/mol. The summed E-state index contributed by atoms with van der Waals surface area (Å²) in [5.41, 5.74) is 1.39. The summed E-state index contributed by atoms with van der Waals surface area (Å²) in [7, 11) is 1.97. The highest BCUT2D eigenvalue weighted by Crippen LogP contribution is 2.25. The Hall–Kier alpha value is -1.59. The quantitative estimate of drug-likeness (QED) is 0.842. The minimum Gasteiger partial charge on any atom is -0.339 e. The minimum absolute atomic E-state index is 0. The zero-order chi connectivity index (χ0) is 17.6. The predicted molar refractivity (Wildman–Crippen MR) is 107 cm³/mol. The van der Waals surface area contributed by atoms with E-state index in [0.29, 0.717) is 11.6 Å². The fourth-order valence-corrected chi connectivity index (χ4v) is 3.89. The first-order valence-electron chi connectivity index (χ1n) is 9.55. The summed E-state index contributed by atoms with van der Waals surface area (Å²) >= 11 is 0. The van der Waals surface area contributed by atoms with Gasteiger partial charge in [0.1, 0.15) is 0 Å². The maximum atomic E-state index is 12.7. The maximum absolute atomic E-state index is 12.7. The van der Waals surface area contributed by atoms with Gasteiger partial charge >= 0.3 is 0 Å². The largest absolute Gasteiger partial charge is 0.339 e. The van der Waals surface area contributed by atoms with Crippen LogP contribution in [0, 0.1) is 5.92 Å². The van der Waals surface area contributed by atoms with Crippen molar-refractivity contribution in [1.82, 2.24) is 10.2 Å². The van der Waals surface area contributed by atoms with E-state index >= 15 is 0 Å². The number of nitrogens with zero attached hydrogens (tertiary/aromatic N) is 1. The van der Waals surface area contributed by atoms with Gasteiger partial charge in [0.05, 0.1) is 0 Å². The molecule has 2 N–H and O–H groups in total. The van der Waals surface area contributed by atoms with E-state index in [-0.39, 0.29) is 30.1 Å². The summed E-state index contributed by atoms with van der Waals surface area (Å²) in [6.45, 7) is 1.56. The van der Waals surface area contributed by atoms with E-state index in [1.165, 1.54) is 6.42 Å². The molecule has 1 aromatic rings. The number of piperidine rings is 1. The Kier molecular flexibility index (Phi) is 7.91. The first-order chi connectivity index (χ1) is 12.2. The Morgan fingerprint density at radius 1 is 1.04 bits per heavy atom. The van der Waals surface area contributed by atoms with Crippen LogP contribution in [-0.4, -0.2) is 42.9 Å². The third-order valence-corrected chi connectivity index (χ3v) is 5.54. The Morgan fingerprint density at radius 3 is 2.38 bits per heavy atom. The summed E-state index contributed by atoms with van der Waals surface area (Å²) in [5.74, 6) is 0.274. The SMILES string of the molecule is CNC1CCN(C(=O)c2cccc(NC(=O)C3CCCCC3)c2)CC1.Cl. The first kappa shape index (κ1) is 20.7. The van der Waals surface area contributed by atoms with E-state index in [2.05, 4.69) is 10.6 Å². The number of nitrogens with one attached hydrogen (secondary N) is 2. The lowest BCUT2D eigenvalue weighted by molar-refractivity contribution is -0.120. The van der Waals surface area contributed by atoms with Gasteiger partial charge in [-0.2, -0.15) is 0 Å². The number of likely N-dealkylation sites (tertiary alicyclic amines) is 1. The van der Waals surface area contributed by atoms with Crippen LogP contribution in [0.2, 0.25) is 0 Å². The van der Waals surface area contributed by atoms with Crippen molar-refractivity contribution in [2.45, 2.75) is 51.0 Å². The van der Waals surface area contributed by atoms with Crippen molar-refractivity contribution in [3.8, 4) is 0 Å². The van der Waals surface area contributed by atoms with E-state index in [1.54, 1.807) is 0 Å². The highest BCUT2D eigenvalue weighted by molar-refractivity contribution is 5.97. The summed E-state index contributed by atoms with van der Waals surface area (Å²) in [6, 6.07) is 7.87. The van der Waals surface area contributed by atoms with Crippen molar-refractivity contribution in [1.29, 1.82) is 0 Å². The van der Waals surface area contributed by atoms with Gasteiger partial charge in [-0.3, -0.25) is 9.59 Å². The number of hydrogen-bond donors (Lipinski definition) is 2. The van der Waals surface area contributed by atoms with Crippen molar-refractivity contribution in [3.63, 3.8) is 0 Å². The van der Waals surface area contributed by atoms with Crippen LogP contribution in [0.3, 0.4) is 0 Å². The number of carbonyl (C=O) groups excluding carboxylic acids is 2. The standard InChI is InChI=1S/C20H29N3O2.ClH/c1-21-17-10-12-23(13-11-17)20(25)16-8-5-9-18(14-16)22-19(24)15-6-3-2-4-7-15;/h5,8-9,14-15,17,21H,2-4,6-7,10-13H2,1H3,(H,22,24);1H. The lowest BCUT2D eigenvalue weighted by Crippen LogP contribution is -2.43. The van der Waals surface area contributed by atoms with E-state index in [4.69, 9.17) is 0 Å².